The second kappa shape index (κ2) is 4.31. The van der Waals surface area contributed by atoms with E-state index in [9.17, 15) is 0 Å². The zero-order valence-electron chi connectivity index (χ0n) is 7.70. The number of nitriles is 1. The van der Waals surface area contributed by atoms with Gasteiger partial charge in [0.2, 0.25) is 0 Å². The van der Waals surface area contributed by atoms with Crippen molar-refractivity contribution >= 4 is 11.4 Å². The topological polar surface area (TPSA) is 60.7 Å². The number of hydrogen-bond donors (Lipinski definition) is 2. The highest BCUT2D eigenvalue weighted by atomic mass is 15.2. The molecule has 0 spiro atoms. The van der Waals surface area contributed by atoms with Crippen LogP contribution in [0.1, 0.15) is 13.8 Å². The Morgan fingerprint density at radius 1 is 1.38 bits per heavy atom. The number of fused-ring (bicyclic) bond motifs is 1. The molecule has 0 fully saturated rings. The standard InChI is InChI=1S/C7H6N4.C2H6/c8-3-7-10-5-1-2-9-4-6(5)11-7;1-2/h1-2,4,7,10-11H;1-2H3. The van der Waals surface area contributed by atoms with Gasteiger partial charge in [-0.05, 0) is 6.07 Å². The molecule has 0 saturated carbocycles. The van der Waals surface area contributed by atoms with Crippen LogP contribution in [0.2, 0.25) is 0 Å². The number of nitrogens with one attached hydrogen (secondary N) is 2. The maximum absolute atomic E-state index is 8.54. The largest absolute Gasteiger partial charge is 0.352 e. The lowest BCUT2D eigenvalue weighted by atomic mass is 10.4. The summed E-state index contributed by atoms with van der Waals surface area (Å²) in [6.45, 7) is 4.00. The van der Waals surface area contributed by atoms with Crippen LogP contribution in [0, 0.1) is 11.3 Å². The molecule has 2 N–H and O–H groups in total. The first kappa shape index (κ1) is 9.33. The first-order valence-electron chi connectivity index (χ1n) is 4.27. The normalized spacial score (nSPS) is 16.8. The average molecular weight is 176 g/mol. The van der Waals surface area contributed by atoms with Gasteiger partial charge in [0.15, 0.2) is 6.17 Å². The summed E-state index contributed by atoms with van der Waals surface area (Å²) in [7, 11) is 0. The highest BCUT2D eigenvalue weighted by Gasteiger charge is 2.17. The van der Waals surface area contributed by atoms with Gasteiger partial charge in [0.05, 0.1) is 17.6 Å². The molecule has 4 nitrogen and oxygen atoms in total. The smallest absolute Gasteiger partial charge is 0.187 e. The second-order valence-corrected chi connectivity index (χ2v) is 2.27. The molecule has 4 heteroatoms. The van der Waals surface area contributed by atoms with E-state index < -0.39 is 0 Å². The lowest BCUT2D eigenvalue weighted by Gasteiger charge is -1.98. The van der Waals surface area contributed by atoms with Gasteiger partial charge in [0.25, 0.3) is 0 Å². The molecule has 1 aromatic rings. The van der Waals surface area contributed by atoms with Crippen molar-refractivity contribution < 1.29 is 0 Å². The van der Waals surface area contributed by atoms with E-state index in [0.29, 0.717) is 0 Å². The Bertz CT molecular complexity index is 291. The van der Waals surface area contributed by atoms with Gasteiger partial charge < -0.3 is 10.6 Å². The number of nitrogens with zero attached hydrogens (tertiary/aromatic N) is 2. The van der Waals surface area contributed by atoms with E-state index in [1.165, 1.54) is 0 Å². The molecule has 1 aliphatic heterocycles. The van der Waals surface area contributed by atoms with Crippen LogP contribution in [0.3, 0.4) is 0 Å². The molecule has 0 bridgehead atoms. The molecule has 68 valence electrons. The molecule has 0 amide bonds. The number of anilines is 2. The molecule has 0 radical (unpaired) electrons. The summed E-state index contributed by atoms with van der Waals surface area (Å²) in [5.41, 5.74) is 1.82. The van der Waals surface area contributed by atoms with Crippen molar-refractivity contribution in [1.82, 2.24) is 4.98 Å². The van der Waals surface area contributed by atoms with Crippen LogP contribution >= 0.6 is 0 Å². The van der Waals surface area contributed by atoms with Crippen LogP contribution < -0.4 is 10.6 Å². The fourth-order valence-electron chi connectivity index (χ4n) is 1.05. The Balaban J connectivity index is 0.000000396. The Morgan fingerprint density at radius 2 is 2.08 bits per heavy atom. The van der Waals surface area contributed by atoms with E-state index >= 15 is 0 Å². The maximum Gasteiger partial charge on any atom is 0.187 e. The Kier molecular flexibility index (Phi) is 3.09. The molecule has 2 rings (SSSR count). The van der Waals surface area contributed by atoms with Gasteiger partial charge in [-0.15, -0.1) is 0 Å². The summed E-state index contributed by atoms with van der Waals surface area (Å²) in [6, 6.07) is 3.89. The summed E-state index contributed by atoms with van der Waals surface area (Å²) in [5, 5.41) is 14.5. The summed E-state index contributed by atoms with van der Waals surface area (Å²) in [5.74, 6) is 0. The second-order valence-electron chi connectivity index (χ2n) is 2.27. The minimum Gasteiger partial charge on any atom is -0.352 e. The summed E-state index contributed by atoms with van der Waals surface area (Å²) in [6.07, 6.45) is 3.07. The predicted octanol–water partition coefficient (Wildman–Crippen LogP) is 1.79. The van der Waals surface area contributed by atoms with Crippen LogP contribution in [0.15, 0.2) is 18.5 Å². The molecule has 1 atom stereocenters. The lowest BCUT2D eigenvalue weighted by molar-refractivity contribution is 1.08. The van der Waals surface area contributed by atoms with Crippen molar-refractivity contribution in [3.05, 3.63) is 18.5 Å². The molecule has 1 aromatic heterocycles. The molecule has 13 heavy (non-hydrogen) atoms. The monoisotopic (exact) mass is 176 g/mol. The van der Waals surface area contributed by atoms with Crippen molar-refractivity contribution in [2.45, 2.75) is 20.0 Å². The van der Waals surface area contributed by atoms with Gasteiger partial charge in [-0.2, -0.15) is 5.26 Å². The van der Waals surface area contributed by atoms with Crippen molar-refractivity contribution in [3.63, 3.8) is 0 Å². The predicted molar refractivity (Wildman–Crippen MR) is 52.2 cm³/mol. The van der Waals surface area contributed by atoms with Crippen molar-refractivity contribution in [3.8, 4) is 6.07 Å². The minimum atomic E-state index is -0.311. The third-order valence-electron chi connectivity index (χ3n) is 1.55. The summed E-state index contributed by atoms with van der Waals surface area (Å²) in [4.78, 5) is 3.91. The van der Waals surface area contributed by atoms with E-state index in [0.717, 1.165) is 11.4 Å². The van der Waals surface area contributed by atoms with Crippen LogP contribution in [0.25, 0.3) is 0 Å². The third kappa shape index (κ3) is 1.88. The van der Waals surface area contributed by atoms with Gasteiger partial charge in [-0.1, -0.05) is 13.8 Å². The first-order valence-corrected chi connectivity index (χ1v) is 4.27. The number of rotatable bonds is 0. The summed E-state index contributed by atoms with van der Waals surface area (Å²) >= 11 is 0. The number of aromatic nitrogens is 1. The molecule has 1 unspecified atom stereocenters. The number of pyridine rings is 1. The van der Waals surface area contributed by atoms with E-state index in [1.807, 2.05) is 19.9 Å². The molecule has 2 heterocycles. The maximum atomic E-state index is 8.54. The van der Waals surface area contributed by atoms with Crippen LogP contribution in [0.5, 0.6) is 0 Å². The highest BCUT2D eigenvalue weighted by molar-refractivity contribution is 5.74. The fraction of sp³-hybridized carbons (Fsp3) is 0.333. The van der Waals surface area contributed by atoms with Crippen LogP contribution in [-0.2, 0) is 0 Å². The fourth-order valence-corrected chi connectivity index (χ4v) is 1.05. The third-order valence-corrected chi connectivity index (χ3v) is 1.55. The lowest BCUT2D eigenvalue weighted by Crippen LogP contribution is -2.18. The first-order chi connectivity index (χ1) is 6.40. The number of hydrogen-bond acceptors (Lipinski definition) is 4. The average Bonchev–Trinajstić information content (AvgIpc) is 2.63. The Morgan fingerprint density at radius 3 is 2.69 bits per heavy atom. The summed E-state index contributed by atoms with van der Waals surface area (Å²) < 4.78 is 0. The SMILES string of the molecule is CC.N#CC1Nc2ccncc2N1. The van der Waals surface area contributed by atoms with Gasteiger partial charge in [-0.3, -0.25) is 4.98 Å². The molecular formula is C9H12N4. The molecular weight excluding hydrogens is 164 g/mol. The zero-order chi connectivity index (χ0) is 9.68. The highest BCUT2D eigenvalue weighted by Crippen LogP contribution is 2.26. The minimum absolute atomic E-state index is 0.311. The van der Waals surface area contributed by atoms with E-state index in [-0.39, 0.29) is 6.17 Å². The van der Waals surface area contributed by atoms with Gasteiger partial charge in [0, 0.05) is 6.20 Å². The Hall–Kier alpha value is -1.76. The van der Waals surface area contributed by atoms with Crippen LogP contribution in [-0.4, -0.2) is 11.1 Å². The van der Waals surface area contributed by atoms with E-state index in [2.05, 4.69) is 21.7 Å². The molecule has 0 saturated heterocycles. The van der Waals surface area contributed by atoms with Gasteiger partial charge in [0.1, 0.15) is 6.07 Å². The Labute approximate surface area is 77.6 Å². The van der Waals surface area contributed by atoms with Crippen molar-refractivity contribution in [2.75, 3.05) is 10.6 Å². The van der Waals surface area contributed by atoms with Crippen molar-refractivity contribution in [1.29, 1.82) is 5.26 Å². The van der Waals surface area contributed by atoms with Crippen LogP contribution in [0.4, 0.5) is 11.4 Å². The molecule has 1 aliphatic rings. The van der Waals surface area contributed by atoms with Gasteiger partial charge >= 0.3 is 0 Å². The molecule has 0 aliphatic carbocycles. The quantitative estimate of drug-likeness (QED) is 0.632. The van der Waals surface area contributed by atoms with E-state index in [4.69, 9.17) is 5.26 Å². The van der Waals surface area contributed by atoms with E-state index in [1.54, 1.807) is 12.4 Å². The van der Waals surface area contributed by atoms with Gasteiger partial charge in [-0.25, -0.2) is 0 Å². The van der Waals surface area contributed by atoms with Crippen molar-refractivity contribution in [2.24, 2.45) is 0 Å². The molecule has 0 aromatic carbocycles. The zero-order valence-corrected chi connectivity index (χ0v) is 7.70.